The smallest absolute Gasteiger partial charge is 0.0645 e. The van der Waals surface area contributed by atoms with E-state index in [0.717, 1.165) is 77.4 Å². The van der Waals surface area contributed by atoms with Crippen LogP contribution in [0, 0.1) is 0 Å². The Morgan fingerprint density at radius 1 is 0.281 bits per heavy atom. The molecule has 0 bridgehead atoms. The summed E-state index contributed by atoms with van der Waals surface area (Å²) in [4.78, 5) is 1.88. The number of fused-ring (bicyclic) bond motifs is 2. The van der Waals surface area contributed by atoms with E-state index in [4.69, 9.17) is 0 Å². The molecule has 0 aliphatic heterocycles. The van der Waals surface area contributed by atoms with Gasteiger partial charge in [-0.15, -0.1) is 0 Å². The van der Waals surface area contributed by atoms with Crippen molar-refractivity contribution in [1.82, 2.24) is 0 Å². The molecule has 0 radical (unpaired) electrons. The fourth-order valence-corrected chi connectivity index (χ4v) is 7.83. The second-order valence-electron chi connectivity index (χ2n) is 14.2. The molecule has 10 aromatic carbocycles. The van der Waals surface area contributed by atoms with Crippen LogP contribution in [-0.2, 0) is 0 Å². The topological polar surface area (TPSA) is 3.24 Å². The molecule has 0 heterocycles. The maximum absolute atomic E-state index is 9.61. The summed E-state index contributed by atoms with van der Waals surface area (Å²) >= 11 is 0. The summed E-state index contributed by atoms with van der Waals surface area (Å²) in [6, 6.07) is 71.6. The molecule has 10 rings (SSSR count). The van der Waals surface area contributed by atoms with Crippen LogP contribution in [0.2, 0.25) is 0 Å². The first-order valence-corrected chi connectivity index (χ1v) is 19.3. The first-order chi connectivity index (χ1) is 29.9. The van der Waals surface area contributed by atoms with Crippen molar-refractivity contribution >= 4 is 38.6 Å². The molecular formula is C56H39N. The molecule has 0 unspecified atom stereocenters. The monoisotopic (exact) mass is 729 g/mol. The van der Waals surface area contributed by atoms with Crippen molar-refractivity contribution in [3.63, 3.8) is 0 Å². The van der Waals surface area contributed by atoms with E-state index in [9.17, 15) is 5.48 Å². The molecule has 0 aliphatic rings. The van der Waals surface area contributed by atoms with Crippen LogP contribution in [0.5, 0.6) is 0 Å². The van der Waals surface area contributed by atoms with Crippen LogP contribution in [0.1, 0.15) is 5.48 Å². The van der Waals surface area contributed by atoms with Crippen molar-refractivity contribution < 1.29 is 5.48 Å². The summed E-state index contributed by atoms with van der Waals surface area (Å²) in [5.74, 6) is 0. The molecule has 0 amide bonds. The van der Waals surface area contributed by atoms with E-state index >= 15 is 0 Å². The van der Waals surface area contributed by atoms with E-state index in [2.05, 4.69) is 109 Å². The summed E-state index contributed by atoms with van der Waals surface area (Å²) in [6.45, 7) is 0. The van der Waals surface area contributed by atoms with E-state index < -0.39 is 0 Å². The van der Waals surface area contributed by atoms with Crippen LogP contribution in [0.3, 0.4) is 0 Å². The Morgan fingerprint density at radius 3 is 1.56 bits per heavy atom. The van der Waals surface area contributed by atoms with Crippen molar-refractivity contribution in [2.24, 2.45) is 0 Å². The van der Waals surface area contributed by atoms with Gasteiger partial charge in [0.15, 0.2) is 0 Å². The second kappa shape index (κ2) is 15.0. The number of hydrogen-bond acceptors (Lipinski definition) is 1. The van der Waals surface area contributed by atoms with Crippen LogP contribution in [0.4, 0.5) is 17.1 Å². The van der Waals surface area contributed by atoms with Gasteiger partial charge in [-0.2, -0.15) is 0 Å². The number of nitrogens with zero attached hydrogens (tertiary/aromatic N) is 1. The second-order valence-corrected chi connectivity index (χ2v) is 14.2. The van der Waals surface area contributed by atoms with Crippen LogP contribution >= 0.6 is 0 Å². The molecule has 1 heteroatoms. The summed E-state index contributed by atoms with van der Waals surface area (Å²) in [7, 11) is 0. The van der Waals surface area contributed by atoms with E-state index in [1.165, 1.54) is 0 Å². The quantitative estimate of drug-likeness (QED) is 0.151. The SMILES string of the molecule is [2H]c1c([2H])c(N(c2ccc(-c3ccc(-c4ccccc4)c(-c4ccccc4)c3)cc2)c2cccc3ccccc23)c([2H])c([2H])c1-c1cccc(-c2ccc3ccccc3c2)c1. The van der Waals surface area contributed by atoms with Gasteiger partial charge >= 0.3 is 0 Å². The minimum absolute atomic E-state index is 0.0968. The van der Waals surface area contributed by atoms with Gasteiger partial charge in [0.2, 0.25) is 0 Å². The molecule has 0 aromatic heterocycles. The maximum atomic E-state index is 9.61. The largest absolute Gasteiger partial charge is 0.310 e. The third-order valence-corrected chi connectivity index (χ3v) is 10.7. The van der Waals surface area contributed by atoms with Crippen LogP contribution < -0.4 is 4.90 Å². The van der Waals surface area contributed by atoms with Gasteiger partial charge in [-0.25, -0.2) is 0 Å². The summed E-state index contributed by atoms with van der Waals surface area (Å²) in [6.07, 6.45) is 0. The zero-order valence-corrected chi connectivity index (χ0v) is 31.2. The Balaban J connectivity index is 1.09. The molecular weight excluding hydrogens is 687 g/mol. The predicted octanol–water partition coefficient (Wildman–Crippen LogP) is 15.8. The van der Waals surface area contributed by atoms with Crippen molar-refractivity contribution in [2.45, 2.75) is 0 Å². The minimum atomic E-state index is -0.117. The highest BCUT2D eigenvalue weighted by molar-refractivity contribution is 5.99. The van der Waals surface area contributed by atoms with E-state index in [-0.39, 0.29) is 35.4 Å². The molecule has 1 nitrogen and oxygen atoms in total. The highest BCUT2D eigenvalue weighted by atomic mass is 15.1. The Kier molecular flexibility index (Phi) is 7.84. The maximum Gasteiger partial charge on any atom is 0.0645 e. The fraction of sp³-hybridized carbons (Fsp3) is 0. The van der Waals surface area contributed by atoms with Gasteiger partial charge in [0.05, 0.1) is 11.2 Å². The molecule has 57 heavy (non-hydrogen) atoms. The molecule has 0 spiro atoms. The van der Waals surface area contributed by atoms with Crippen LogP contribution in [-0.4, -0.2) is 0 Å². The number of rotatable bonds is 8. The van der Waals surface area contributed by atoms with Crippen molar-refractivity contribution in [2.75, 3.05) is 4.90 Å². The molecule has 0 atom stereocenters. The van der Waals surface area contributed by atoms with E-state index in [1.54, 1.807) is 0 Å². The van der Waals surface area contributed by atoms with Crippen molar-refractivity contribution in [3.05, 3.63) is 236 Å². The Hall–Kier alpha value is -7.48. The van der Waals surface area contributed by atoms with Crippen molar-refractivity contribution in [1.29, 1.82) is 0 Å². The lowest BCUT2D eigenvalue weighted by atomic mass is 9.91. The zero-order chi connectivity index (χ0) is 41.5. The predicted molar refractivity (Wildman–Crippen MR) is 243 cm³/mol. The van der Waals surface area contributed by atoms with Gasteiger partial charge in [-0.1, -0.05) is 188 Å². The van der Waals surface area contributed by atoms with E-state index in [1.807, 2.05) is 108 Å². The molecule has 0 aliphatic carbocycles. The summed E-state index contributed by atoms with van der Waals surface area (Å²) < 4.78 is 38.2. The third kappa shape index (κ3) is 6.77. The number of hydrogen-bond donors (Lipinski definition) is 0. The molecule has 0 N–H and O–H groups in total. The van der Waals surface area contributed by atoms with Crippen molar-refractivity contribution in [3.8, 4) is 55.6 Å². The minimum Gasteiger partial charge on any atom is -0.310 e. The lowest BCUT2D eigenvalue weighted by Crippen LogP contribution is -2.10. The number of anilines is 3. The molecule has 0 saturated carbocycles. The lowest BCUT2D eigenvalue weighted by molar-refractivity contribution is 1.30. The molecule has 268 valence electrons. The molecule has 10 aromatic rings. The van der Waals surface area contributed by atoms with Crippen LogP contribution in [0.15, 0.2) is 236 Å². The van der Waals surface area contributed by atoms with Gasteiger partial charge in [0.25, 0.3) is 0 Å². The first-order valence-electron chi connectivity index (χ1n) is 21.3. The average Bonchev–Trinajstić information content (AvgIpc) is 3.32. The Bertz CT molecular complexity index is 3200. The van der Waals surface area contributed by atoms with Gasteiger partial charge in [0.1, 0.15) is 0 Å². The normalized spacial score (nSPS) is 12.1. The summed E-state index contributed by atoms with van der Waals surface area (Å²) in [5, 5.41) is 4.21. The van der Waals surface area contributed by atoms with E-state index in [0.29, 0.717) is 5.56 Å². The third-order valence-electron chi connectivity index (χ3n) is 10.7. The van der Waals surface area contributed by atoms with Gasteiger partial charge in [0, 0.05) is 16.8 Å². The lowest BCUT2D eigenvalue weighted by Gasteiger charge is -2.27. The van der Waals surface area contributed by atoms with Crippen LogP contribution in [0.25, 0.3) is 77.2 Å². The molecule has 0 fully saturated rings. The standard InChI is InChI=1S/C56H39N/c1-3-14-43(15-4-1)53-36-31-50(39-55(53)45-16-5-2-6-17-45)42-29-34-52(35-30-42)57(56-24-12-20-44-18-9-10-23-54(44)56)51-32-27-41(28-33-51)47-21-11-22-48(37-47)49-26-25-40-13-7-8-19-46(40)38-49/h1-39H/i27D,28D,32D,33D. The highest BCUT2D eigenvalue weighted by Crippen LogP contribution is 2.41. The highest BCUT2D eigenvalue weighted by Gasteiger charge is 2.17. The van der Waals surface area contributed by atoms with Gasteiger partial charge in [-0.3, -0.25) is 0 Å². The van der Waals surface area contributed by atoms with Gasteiger partial charge in [-0.05, 0) is 120 Å². The Labute approximate surface area is 340 Å². The Morgan fingerprint density at radius 2 is 0.807 bits per heavy atom. The molecule has 0 saturated heterocycles. The average molecular weight is 730 g/mol. The number of benzene rings is 10. The zero-order valence-electron chi connectivity index (χ0n) is 35.2. The fourth-order valence-electron chi connectivity index (χ4n) is 7.83. The van der Waals surface area contributed by atoms with Gasteiger partial charge < -0.3 is 4.90 Å². The summed E-state index contributed by atoms with van der Waals surface area (Å²) in [5.41, 5.74) is 11.2. The first kappa shape index (κ1) is 29.8.